The molecule has 0 aromatic carbocycles. The van der Waals surface area contributed by atoms with Gasteiger partial charge in [-0.3, -0.25) is 4.79 Å². The van der Waals surface area contributed by atoms with E-state index in [0.29, 0.717) is 37.9 Å². The molecule has 5 heterocycles. The number of hydrogen-bond acceptors (Lipinski definition) is 9. The number of rotatable bonds is 6. The molecular weight excluding hydrogens is 422 g/mol. The Morgan fingerprint density at radius 3 is 2.06 bits per heavy atom. The van der Waals surface area contributed by atoms with Crippen LogP contribution in [-0.2, 0) is 4.79 Å². The van der Waals surface area contributed by atoms with Crippen molar-refractivity contribution in [3.05, 3.63) is 42.7 Å². The molecule has 0 bridgehead atoms. The van der Waals surface area contributed by atoms with Gasteiger partial charge in [-0.2, -0.15) is 5.10 Å². The van der Waals surface area contributed by atoms with Gasteiger partial charge in [0.2, 0.25) is 5.88 Å². The van der Waals surface area contributed by atoms with Crippen LogP contribution in [0.5, 0.6) is 5.88 Å². The molecule has 3 aromatic rings. The van der Waals surface area contributed by atoms with Gasteiger partial charge in [0.25, 0.3) is 5.91 Å². The van der Waals surface area contributed by atoms with E-state index < -0.39 is 0 Å². The van der Waals surface area contributed by atoms with E-state index in [1.54, 1.807) is 34.1 Å². The number of aromatic nitrogens is 6. The Kier molecular flexibility index (Phi) is 6.27. The van der Waals surface area contributed by atoms with Crippen molar-refractivity contribution in [1.82, 2.24) is 35.1 Å². The Morgan fingerprint density at radius 1 is 0.788 bits per heavy atom. The van der Waals surface area contributed by atoms with E-state index in [1.807, 2.05) is 12.1 Å². The highest BCUT2D eigenvalue weighted by atomic mass is 16.5. The Morgan fingerprint density at radius 2 is 1.45 bits per heavy atom. The van der Waals surface area contributed by atoms with E-state index in [1.165, 1.54) is 19.3 Å². The fourth-order valence-corrected chi connectivity index (χ4v) is 4.11. The first-order chi connectivity index (χ1) is 16.3. The molecule has 1 amide bonds. The molecular formula is C22H27N9O2. The van der Waals surface area contributed by atoms with Crippen LogP contribution in [-0.4, -0.2) is 86.9 Å². The number of hydrogen-bond donors (Lipinski definition) is 0. The van der Waals surface area contributed by atoms with Crippen molar-refractivity contribution in [2.75, 3.05) is 55.7 Å². The van der Waals surface area contributed by atoms with Crippen molar-refractivity contribution in [3.63, 3.8) is 0 Å². The monoisotopic (exact) mass is 449 g/mol. The third-order valence-corrected chi connectivity index (χ3v) is 5.98. The van der Waals surface area contributed by atoms with Gasteiger partial charge in [0.1, 0.15) is 0 Å². The summed E-state index contributed by atoms with van der Waals surface area (Å²) >= 11 is 0. The van der Waals surface area contributed by atoms with Crippen LogP contribution >= 0.6 is 0 Å². The second-order valence-corrected chi connectivity index (χ2v) is 8.13. The first-order valence-corrected chi connectivity index (χ1v) is 11.3. The quantitative estimate of drug-likeness (QED) is 0.548. The van der Waals surface area contributed by atoms with Gasteiger partial charge in [0.15, 0.2) is 24.1 Å². The fraction of sp³-hybridized carbons (Fsp3) is 0.455. The summed E-state index contributed by atoms with van der Waals surface area (Å²) in [6.07, 6.45) is 7.17. The molecule has 0 saturated carbocycles. The molecule has 0 aliphatic carbocycles. The average molecular weight is 450 g/mol. The standard InChI is InChI=1S/C22H27N9O2/c32-22(17-33-21-8-7-20(26-27-21)31-12-4-9-23-31)30-15-13-29(14-16-30)19-6-5-18(24-25-19)28-10-2-1-3-11-28/h4-9,12H,1-3,10-11,13-17H2. The van der Waals surface area contributed by atoms with Crippen molar-refractivity contribution < 1.29 is 9.53 Å². The summed E-state index contributed by atoms with van der Waals surface area (Å²) in [5.74, 6) is 2.62. The first kappa shape index (κ1) is 21.1. The molecule has 2 aliphatic heterocycles. The van der Waals surface area contributed by atoms with Crippen LogP contribution in [0, 0.1) is 0 Å². The molecule has 3 aromatic heterocycles. The minimum Gasteiger partial charge on any atom is -0.466 e. The van der Waals surface area contributed by atoms with E-state index in [-0.39, 0.29) is 12.5 Å². The van der Waals surface area contributed by atoms with Crippen molar-refractivity contribution in [3.8, 4) is 11.7 Å². The van der Waals surface area contributed by atoms with Crippen molar-refractivity contribution in [2.24, 2.45) is 0 Å². The van der Waals surface area contributed by atoms with Gasteiger partial charge in [0, 0.05) is 57.7 Å². The maximum absolute atomic E-state index is 12.6. The predicted molar refractivity (Wildman–Crippen MR) is 122 cm³/mol. The third-order valence-electron chi connectivity index (χ3n) is 5.98. The van der Waals surface area contributed by atoms with Crippen LogP contribution in [0.3, 0.4) is 0 Å². The van der Waals surface area contributed by atoms with Crippen LogP contribution in [0.2, 0.25) is 0 Å². The van der Waals surface area contributed by atoms with E-state index in [2.05, 4.69) is 41.4 Å². The first-order valence-electron chi connectivity index (χ1n) is 11.3. The smallest absolute Gasteiger partial charge is 0.260 e. The molecule has 172 valence electrons. The minimum atomic E-state index is -0.0702. The predicted octanol–water partition coefficient (Wildman–Crippen LogP) is 1.17. The molecule has 2 fully saturated rings. The molecule has 11 nitrogen and oxygen atoms in total. The van der Waals surface area contributed by atoms with Gasteiger partial charge in [-0.05, 0) is 43.5 Å². The van der Waals surface area contributed by atoms with Crippen LogP contribution in [0.25, 0.3) is 5.82 Å². The van der Waals surface area contributed by atoms with Gasteiger partial charge in [0.05, 0.1) is 0 Å². The Balaban J connectivity index is 1.08. The topological polar surface area (TPSA) is 105 Å². The summed E-state index contributed by atoms with van der Waals surface area (Å²) < 4.78 is 7.14. The Hall–Kier alpha value is -3.76. The largest absolute Gasteiger partial charge is 0.466 e. The number of amides is 1. The number of carbonyl (C=O) groups is 1. The number of ether oxygens (including phenoxy) is 1. The van der Waals surface area contributed by atoms with E-state index >= 15 is 0 Å². The molecule has 2 saturated heterocycles. The summed E-state index contributed by atoms with van der Waals surface area (Å²) in [4.78, 5) is 18.8. The third kappa shape index (κ3) is 5.02. The molecule has 0 unspecified atom stereocenters. The number of carbonyl (C=O) groups excluding carboxylic acids is 1. The Labute approximate surface area is 192 Å². The maximum atomic E-state index is 12.6. The molecule has 0 atom stereocenters. The fourth-order valence-electron chi connectivity index (χ4n) is 4.11. The molecule has 33 heavy (non-hydrogen) atoms. The summed E-state index contributed by atoms with van der Waals surface area (Å²) in [6, 6.07) is 9.32. The number of piperazine rings is 1. The number of nitrogens with zero attached hydrogens (tertiary/aromatic N) is 9. The van der Waals surface area contributed by atoms with Gasteiger partial charge in [-0.25, -0.2) is 4.68 Å². The van der Waals surface area contributed by atoms with Crippen molar-refractivity contribution in [2.45, 2.75) is 19.3 Å². The van der Waals surface area contributed by atoms with E-state index in [4.69, 9.17) is 4.74 Å². The molecule has 0 N–H and O–H groups in total. The second kappa shape index (κ2) is 9.80. The van der Waals surface area contributed by atoms with Gasteiger partial charge in [-0.15, -0.1) is 20.4 Å². The SMILES string of the molecule is O=C(COc1ccc(-n2cccn2)nn1)N1CCN(c2ccc(N3CCCCC3)nn2)CC1. The van der Waals surface area contributed by atoms with Gasteiger partial charge < -0.3 is 19.4 Å². The van der Waals surface area contributed by atoms with Crippen molar-refractivity contribution in [1.29, 1.82) is 0 Å². The lowest BCUT2D eigenvalue weighted by molar-refractivity contribution is -0.133. The molecule has 0 radical (unpaired) electrons. The lowest BCUT2D eigenvalue weighted by Gasteiger charge is -2.35. The minimum absolute atomic E-state index is 0.0693. The van der Waals surface area contributed by atoms with Crippen LogP contribution < -0.4 is 14.5 Å². The average Bonchev–Trinajstić information content (AvgIpc) is 3.43. The van der Waals surface area contributed by atoms with Crippen molar-refractivity contribution >= 4 is 17.5 Å². The van der Waals surface area contributed by atoms with E-state index in [9.17, 15) is 4.79 Å². The second-order valence-electron chi connectivity index (χ2n) is 8.13. The lowest BCUT2D eigenvalue weighted by Crippen LogP contribution is -2.50. The van der Waals surface area contributed by atoms with Gasteiger partial charge >= 0.3 is 0 Å². The summed E-state index contributed by atoms with van der Waals surface area (Å²) in [5, 5.41) is 21.1. The Bertz CT molecular complexity index is 1030. The molecule has 5 rings (SSSR count). The lowest BCUT2D eigenvalue weighted by atomic mass is 10.1. The highest BCUT2D eigenvalue weighted by Crippen LogP contribution is 2.20. The zero-order chi connectivity index (χ0) is 22.5. The zero-order valence-corrected chi connectivity index (χ0v) is 18.5. The van der Waals surface area contributed by atoms with Crippen LogP contribution in [0.4, 0.5) is 11.6 Å². The molecule has 11 heteroatoms. The van der Waals surface area contributed by atoms with Crippen LogP contribution in [0.1, 0.15) is 19.3 Å². The van der Waals surface area contributed by atoms with Crippen LogP contribution in [0.15, 0.2) is 42.7 Å². The van der Waals surface area contributed by atoms with E-state index in [0.717, 1.165) is 24.7 Å². The van der Waals surface area contributed by atoms with Gasteiger partial charge in [-0.1, -0.05) is 0 Å². The normalized spacial score (nSPS) is 16.7. The summed E-state index contributed by atoms with van der Waals surface area (Å²) in [6.45, 7) is 4.68. The zero-order valence-electron chi connectivity index (χ0n) is 18.5. The summed E-state index contributed by atoms with van der Waals surface area (Å²) in [7, 11) is 0. The molecule has 2 aliphatic rings. The maximum Gasteiger partial charge on any atom is 0.260 e. The summed E-state index contributed by atoms with van der Waals surface area (Å²) in [5.41, 5.74) is 0. The molecule has 0 spiro atoms. The highest BCUT2D eigenvalue weighted by Gasteiger charge is 2.23. The number of piperidine rings is 1. The highest BCUT2D eigenvalue weighted by molar-refractivity contribution is 5.78. The number of anilines is 2.